The number of hydrogen-bond donors (Lipinski definition) is 0. The van der Waals surface area contributed by atoms with Gasteiger partial charge in [-0.05, 0) is 52.4 Å². The van der Waals surface area contributed by atoms with Gasteiger partial charge in [0.25, 0.3) is 0 Å². The van der Waals surface area contributed by atoms with Crippen LogP contribution in [0.1, 0.15) is 0 Å². The molecule has 0 aliphatic carbocycles. The Bertz CT molecular complexity index is 1910. The van der Waals surface area contributed by atoms with E-state index in [2.05, 4.69) is 88.4 Å². The number of rotatable bonds is 3. The minimum atomic E-state index is -0.00754. The summed E-state index contributed by atoms with van der Waals surface area (Å²) in [5, 5.41) is 15.6. The zero-order valence-corrected chi connectivity index (χ0v) is 20.3. The van der Waals surface area contributed by atoms with E-state index in [1.807, 2.05) is 36.5 Å². The summed E-state index contributed by atoms with van der Waals surface area (Å²) in [6.07, 6.45) is 1.84. The van der Waals surface area contributed by atoms with E-state index in [9.17, 15) is 5.11 Å². The molecule has 4 nitrogen and oxygen atoms in total. The number of benzene rings is 5. The minimum absolute atomic E-state index is 0. The molecule has 0 fully saturated rings. The number of aromatic amines is 1. The second-order valence-corrected chi connectivity index (χ2v) is 8.87. The van der Waals surface area contributed by atoms with Gasteiger partial charge in [-0.3, -0.25) is 4.57 Å². The zero-order chi connectivity index (χ0) is 24.1. The molecule has 2 aromatic heterocycles. The second-order valence-electron chi connectivity index (χ2n) is 8.87. The van der Waals surface area contributed by atoms with Gasteiger partial charge in [-0.1, -0.05) is 78.9 Å². The number of hydrogen-bond acceptors (Lipinski definition) is 2. The van der Waals surface area contributed by atoms with E-state index in [4.69, 9.17) is 4.98 Å². The van der Waals surface area contributed by atoms with Crippen LogP contribution in [0.25, 0.3) is 60.9 Å². The molecule has 0 saturated carbocycles. The molecule has 0 radical (unpaired) electrons. The third-order valence-corrected chi connectivity index (χ3v) is 6.82. The van der Waals surface area contributed by atoms with Gasteiger partial charge < -0.3 is 5.11 Å². The molecule has 0 atom stereocenters. The molecule has 170 valence electrons. The fraction of sp³-hybridized carbons (Fsp3) is 0. The zero-order valence-electron chi connectivity index (χ0n) is 20.3. The van der Waals surface area contributed by atoms with Crippen molar-refractivity contribution in [3.63, 3.8) is 0 Å². The van der Waals surface area contributed by atoms with Crippen LogP contribution in [0.5, 0.6) is 5.75 Å². The van der Waals surface area contributed by atoms with Crippen molar-refractivity contribution in [1.82, 2.24) is 9.55 Å². The molecule has 7 rings (SSSR count). The van der Waals surface area contributed by atoms with Crippen molar-refractivity contribution in [2.75, 3.05) is 0 Å². The average molecular weight is 470 g/mol. The van der Waals surface area contributed by atoms with E-state index in [1.165, 1.54) is 0 Å². The van der Waals surface area contributed by atoms with Crippen LogP contribution in [0, 0.1) is 0 Å². The maximum Gasteiger partial charge on any atom is 1.00 e. The summed E-state index contributed by atoms with van der Waals surface area (Å²) in [6, 6.07) is 38.8. The summed E-state index contributed by atoms with van der Waals surface area (Å²) in [4.78, 5) is 8.22. The summed E-state index contributed by atoms with van der Waals surface area (Å²) in [5.74, 6) is 0.894. The van der Waals surface area contributed by atoms with Crippen molar-refractivity contribution < 1.29 is 29.0 Å². The average Bonchev–Trinajstić information content (AvgIpc) is 3.32. The summed E-state index contributed by atoms with van der Waals surface area (Å²) in [5.41, 5.74) is 6.89. The van der Waals surface area contributed by atoms with Crippen LogP contribution in [-0.4, -0.2) is 9.55 Å². The number of imidazole rings is 1. The fourth-order valence-corrected chi connectivity index (χ4v) is 5.22. The van der Waals surface area contributed by atoms with E-state index in [-0.39, 0.29) is 24.6 Å². The summed E-state index contributed by atoms with van der Waals surface area (Å²) in [6.45, 7) is 0. The predicted molar refractivity (Wildman–Crippen MR) is 143 cm³/mol. The molecule has 0 saturated heterocycles. The maximum atomic E-state index is 12.5. The van der Waals surface area contributed by atoms with Crippen LogP contribution in [0.4, 0.5) is 0 Å². The molecule has 7 aromatic rings. The summed E-state index contributed by atoms with van der Waals surface area (Å²) < 4.78 is 2.23. The number of H-pyrrole nitrogens is 1. The number of nitrogens with one attached hydrogen (secondary N) is 1. The van der Waals surface area contributed by atoms with Gasteiger partial charge in [0.15, 0.2) is 6.20 Å². The van der Waals surface area contributed by atoms with E-state index < -0.39 is 0 Å². The van der Waals surface area contributed by atoms with E-state index >= 15 is 0 Å². The van der Waals surface area contributed by atoms with Gasteiger partial charge in [0.05, 0.1) is 16.4 Å². The number of aromatic nitrogens is 3. The molecular weight excluding hydrogens is 449 g/mol. The second kappa shape index (κ2) is 9.26. The monoisotopic (exact) mass is 470 g/mol. The van der Waals surface area contributed by atoms with Crippen molar-refractivity contribution in [2.24, 2.45) is 0 Å². The Labute approximate surface area is 226 Å². The van der Waals surface area contributed by atoms with Crippen molar-refractivity contribution in [3.8, 4) is 34.0 Å². The van der Waals surface area contributed by atoms with E-state index in [0.29, 0.717) is 5.52 Å². The van der Waals surface area contributed by atoms with Gasteiger partial charge in [-0.25, -0.2) is 9.97 Å². The molecule has 1 N–H and O–H groups in total. The topological polar surface area (TPSA) is 55.0 Å². The molecule has 37 heavy (non-hydrogen) atoms. The Balaban J connectivity index is 0.00000252. The van der Waals surface area contributed by atoms with Gasteiger partial charge in [0, 0.05) is 22.9 Å². The van der Waals surface area contributed by atoms with Gasteiger partial charge in [-0.15, -0.1) is 0 Å². The van der Waals surface area contributed by atoms with Gasteiger partial charge in [0.2, 0.25) is 5.52 Å². The van der Waals surface area contributed by atoms with Gasteiger partial charge in [-0.2, -0.15) is 0 Å². The predicted octanol–water partition coefficient (Wildman–Crippen LogP) is 3.56. The van der Waals surface area contributed by atoms with Crippen LogP contribution in [-0.2, 0) is 0 Å². The summed E-state index contributed by atoms with van der Waals surface area (Å²) >= 11 is 0. The molecule has 0 aliphatic heterocycles. The van der Waals surface area contributed by atoms with Crippen LogP contribution in [0.15, 0.2) is 121 Å². The van der Waals surface area contributed by atoms with Crippen LogP contribution < -0.4 is 29.0 Å². The minimum Gasteiger partial charge on any atom is -0.868 e. The third kappa shape index (κ3) is 3.70. The number of nitrogens with zero attached hydrogens (tertiary/aromatic N) is 2. The maximum absolute atomic E-state index is 12.5. The first kappa shape index (κ1) is 23.1. The van der Waals surface area contributed by atoms with Crippen molar-refractivity contribution in [3.05, 3.63) is 121 Å². The number of pyridine rings is 1. The Hall–Kier alpha value is -4.36. The Morgan fingerprint density at radius 3 is 2.08 bits per heavy atom. The van der Waals surface area contributed by atoms with E-state index in [1.54, 1.807) is 6.07 Å². The molecule has 5 heteroatoms. The molecule has 5 aromatic carbocycles. The smallest absolute Gasteiger partial charge is 0.868 e. The molecule has 0 amide bonds. The van der Waals surface area contributed by atoms with Crippen LogP contribution in [0.3, 0.4) is 0 Å². The number of fused-ring (bicyclic) bond motifs is 3. The SMILES string of the molecule is [Li+].[O-]c1cccc2c(-c3cccc4c(-c5nc6ccccc6n5-c5ccccc5)cccc34)cc[nH+]c12. The molecular formula is C32H21LiN3O+. The largest absolute Gasteiger partial charge is 1.00 e. The van der Waals surface area contributed by atoms with Crippen molar-refractivity contribution in [2.45, 2.75) is 0 Å². The quantitative estimate of drug-likeness (QED) is 0.371. The van der Waals surface area contributed by atoms with Gasteiger partial charge in [0.1, 0.15) is 5.82 Å². The Morgan fingerprint density at radius 1 is 0.595 bits per heavy atom. The molecule has 0 unspecified atom stereocenters. The third-order valence-electron chi connectivity index (χ3n) is 6.82. The normalized spacial score (nSPS) is 11.1. The fourth-order valence-electron chi connectivity index (χ4n) is 5.22. The van der Waals surface area contributed by atoms with Gasteiger partial charge >= 0.3 is 18.9 Å². The standard InChI is InChI=1S/C32H21N3O.Li/c36-30-18-8-14-26-25(19-20-33-31(26)30)23-11-6-13-24-22(23)12-7-15-27(24)32-34-28-16-4-5-17-29(28)35(32)21-9-2-1-3-10-21;/h1-20,36H;/q;+1. The summed E-state index contributed by atoms with van der Waals surface area (Å²) in [7, 11) is 0. The van der Waals surface area contributed by atoms with E-state index in [0.717, 1.165) is 55.4 Å². The van der Waals surface area contributed by atoms with Crippen molar-refractivity contribution >= 4 is 32.7 Å². The molecule has 0 aliphatic rings. The molecule has 2 heterocycles. The first-order valence-electron chi connectivity index (χ1n) is 12.0. The Morgan fingerprint density at radius 2 is 1.24 bits per heavy atom. The van der Waals surface area contributed by atoms with Crippen molar-refractivity contribution in [1.29, 1.82) is 0 Å². The first-order valence-corrected chi connectivity index (χ1v) is 12.0. The van der Waals surface area contributed by atoms with Crippen LogP contribution >= 0.6 is 0 Å². The van der Waals surface area contributed by atoms with Crippen LogP contribution in [0.2, 0.25) is 0 Å². The number of para-hydroxylation sites is 4. The first-order chi connectivity index (χ1) is 17.8. The molecule has 0 bridgehead atoms. The Kier molecular flexibility index (Phi) is 5.77. The molecule has 0 spiro atoms.